The summed E-state index contributed by atoms with van der Waals surface area (Å²) >= 11 is 6.10. The molecule has 3 heterocycles. The van der Waals surface area contributed by atoms with Crippen molar-refractivity contribution in [1.29, 1.82) is 0 Å². The molecule has 25 heavy (non-hydrogen) atoms. The number of hydrogen-bond donors (Lipinski definition) is 1. The third-order valence-electron chi connectivity index (χ3n) is 4.95. The van der Waals surface area contributed by atoms with Crippen molar-refractivity contribution < 1.29 is 4.74 Å². The predicted octanol–water partition coefficient (Wildman–Crippen LogP) is 2.97. The molecule has 0 unspecified atom stereocenters. The van der Waals surface area contributed by atoms with E-state index < -0.39 is 0 Å². The van der Waals surface area contributed by atoms with E-state index >= 15 is 0 Å². The van der Waals surface area contributed by atoms with Gasteiger partial charge >= 0.3 is 0 Å². The molecule has 1 aliphatic rings. The van der Waals surface area contributed by atoms with E-state index in [4.69, 9.17) is 21.3 Å². The monoisotopic (exact) mass is 359 g/mol. The second-order valence-corrected chi connectivity index (χ2v) is 7.05. The van der Waals surface area contributed by atoms with Crippen LogP contribution in [0.2, 0.25) is 5.02 Å². The van der Waals surface area contributed by atoms with Gasteiger partial charge in [-0.2, -0.15) is 0 Å². The SMILES string of the molecule is Cn1cncc1[C@H]1C[C@@H](NCc2nc3ccc(Cl)cc3n2C)CCO1. The number of hydrogen-bond acceptors (Lipinski definition) is 4. The number of nitrogens with zero attached hydrogens (tertiary/aromatic N) is 4. The molecule has 3 aromatic rings. The molecule has 1 saturated heterocycles. The van der Waals surface area contributed by atoms with E-state index in [0.717, 1.165) is 53.6 Å². The molecular formula is C18H22ClN5O. The molecule has 1 N–H and O–H groups in total. The smallest absolute Gasteiger partial charge is 0.123 e. The van der Waals surface area contributed by atoms with E-state index in [9.17, 15) is 0 Å². The van der Waals surface area contributed by atoms with Gasteiger partial charge in [0, 0.05) is 31.8 Å². The lowest BCUT2D eigenvalue weighted by atomic mass is 10.0. The van der Waals surface area contributed by atoms with Gasteiger partial charge in [-0.1, -0.05) is 11.6 Å². The molecule has 2 atom stereocenters. The Morgan fingerprint density at radius 1 is 1.36 bits per heavy atom. The maximum atomic E-state index is 6.10. The molecular weight excluding hydrogens is 338 g/mol. The molecule has 0 spiro atoms. The number of ether oxygens (including phenoxy) is 1. The van der Waals surface area contributed by atoms with Crippen molar-refractivity contribution in [3.8, 4) is 0 Å². The Bertz CT molecular complexity index is 887. The second-order valence-electron chi connectivity index (χ2n) is 6.61. The summed E-state index contributed by atoms with van der Waals surface area (Å²) in [5.74, 6) is 1.01. The molecule has 0 radical (unpaired) electrons. The minimum Gasteiger partial charge on any atom is -0.372 e. The lowest BCUT2D eigenvalue weighted by Crippen LogP contribution is -2.36. The van der Waals surface area contributed by atoms with Crippen LogP contribution < -0.4 is 5.32 Å². The van der Waals surface area contributed by atoms with Gasteiger partial charge in [-0.05, 0) is 31.0 Å². The number of nitrogens with one attached hydrogen (secondary N) is 1. The fourth-order valence-corrected chi connectivity index (χ4v) is 3.64. The van der Waals surface area contributed by atoms with Gasteiger partial charge in [0.25, 0.3) is 0 Å². The summed E-state index contributed by atoms with van der Waals surface area (Å²) in [6.45, 7) is 1.48. The van der Waals surface area contributed by atoms with Crippen LogP contribution in [-0.4, -0.2) is 31.8 Å². The van der Waals surface area contributed by atoms with E-state index in [2.05, 4.69) is 14.9 Å². The molecule has 1 fully saturated rings. The van der Waals surface area contributed by atoms with Gasteiger partial charge in [0.05, 0.1) is 35.8 Å². The lowest BCUT2D eigenvalue weighted by molar-refractivity contribution is -0.00417. The van der Waals surface area contributed by atoms with Gasteiger partial charge in [0.15, 0.2) is 0 Å². The zero-order valence-corrected chi connectivity index (χ0v) is 15.2. The van der Waals surface area contributed by atoms with E-state index in [1.165, 1.54) is 0 Å². The maximum absolute atomic E-state index is 6.10. The van der Waals surface area contributed by atoms with Crippen molar-refractivity contribution in [2.75, 3.05) is 6.61 Å². The number of rotatable bonds is 4. The predicted molar refractivity (Wildman–Crippen MR) is 97.5 cm³/mol. The molecule has 0 saturated carbocycles. The van der Waals surface area contributed by atoms with Crippen molar-refractivity contribution in [2.24, 2.45) is 14.1 Å². The summed E-state index contributed by atoms with van der Waals surface area (Å²) in [5, 5.41) is 4.37. The fourth-order valence-electron chi connectivity index (χ4n) is 3.47. The van der Waals surface area contributed by atoms with Crippen LogP contribution in [0.4, 0.5) is 0 Å². The molecule has 1 aromatic carbocycles. The van der Waals surface area contributed by atoms with Crippen LogP contribution in [0, 0.1) is 0 Å². The summed E-state index contributed by atoms with van der Waals surface area (Å²) in [6.07, 6.45) is 5.75. The number of imidazole rings is 2. The first-order valence-corrected chi connectivity index (χ1v) is 8.91. The van der Waals surface area contributed by atoms with Crippen LogP contribution in [0.5, 0.6) is 0 Å². The quantitative estimate of drug-likeness (QED) is 0.778. The maximum Gasteiger partial charge on any atom is 0.123 e. The Morgan fingerprint density at radius 3 is 3.04 bits per heavy atom. The van der Waals surface area contributed by atoms with E-state index in [-0.39, 0.29) is 6.10 Å². The zero-order chi connectivity index (χ0) is 17.4. The van der Waals surface area contributed by atoms with Crippen LogP contribution in [0.25, 0.3) is 11.0 Å². The Hall–Kier alpha value is -1.89. The first-order chi connectivity index (χ1) is 12.1. The first-order valence-electron chi connectivity index (χ1n) is 8.54. The van der Waals surface area contributed by atoms with Gasteiger partial charge < -0.3 is 19.2 Å². The van der Waals surface area contributed by atoms with Crippen LogP contribution in [0.15, 0.2) is 30.7 Å². The average molecular weight is 360 g/mol. The summed E-state index contributed by atoms with van der Waals surface area (Å²) in [6, 6.07) is 6.20. The highest BCUT2D eigenvalue weighted by atomic mass is 35.5. The molecule has 2 aromatic heterocycles. The number of halogens is 1. The van der Waals surface area contributed by atoms with E-state index in [1.807, 2.05) is 49.4 Å². The normalized spacial score (nSPS) is 21.1. The third kappa shape index (κ3) is 3.29. The summed E-state index contributed by atoms with van der Waals surface area (Å²) in [5.41, 5.74) is 3.16. The molecule has 1 aliphatic heterocycles. The highest BCUT2D eigenvalue weighted by molar-refractivity contribution is 6.31. The number of benzene rings is 1. The lowest BCUT2D eigenvalue weighted by Gasteiger charge is -2.30. The molecule has 0 bridgehead atoms. The second kappa shape index (κ2) is 6.78. The summed E-state index contributed by atoms with van der Waals surface area (Å²) < 4.78 is 10.1. The molecule has 6 nitrogen and oxygen atoms in total. The van der Waals surface area contributed by atoms with Crippen LogP contribution >= 0.6 is 11.6 Å². The van der Waals surface area contributed by atoms with Crippen molar-refractivity contribution in [3.63, 3.8) is 0 Å². The number of fused-ring (bicyclic) bond motifs is 1. The first kappa shape index (κ1) is 16.6. The average Bonchev–Trinajstić information content (AvgIpc) is 3.17. The van der Waals surface area contributed by atoms with Crippen LogP contribution in [-0.2, 0) is 25.4 Å². The van der Waals surface area contributed by atoms with Crippen molar-refractivity contribution in [2.45, 2.75) is 31.5 Å². The Kier molecular flexibility index (Phi) is 4.50. The highest BCUT2D eigenvalue weighted by Crippen LogP contribution is 2.28. The largest absolute Gasteiger partial charge is 0.372 e. The Morgan fingerprint density at radius 2 is 2.24 bits per heavy atom. The minimum absolute atomic E-state index is 0.0954. The van der Waals surface area contributed by atoms with E-state index in [1.54, 1.807) is 0 Å². The highest BCUT2D eigenvalue weighted by Gasteiger charge is 2.25. The zero-order valence-electron chi connectivity index (χ0n) is 14.4. The standard InChI is InChI=1S/C18H22ClN5O/c1-23-11-20-9-16(23)17-8-13(5-6-25-17)21-10-18-22-14-4-3-12(19)7-15(14)24(18)2/h3-4,7,9,11,13,17,21H,5-6,8,10H2,1-2H3/t13-,17+/m0/s1. The molecule has 0 aliphatic carbocycles. The van der Waals surface area contributed by atoms with Crippen molar-refractivity contribution in [1.82, 2.24) is 24.4 Å². The van der Waals surface area contributed by atoms with Gasteiger partial charge in [0.1, 0.15) is 11.9 Å². The van der Waals surface area contributed by atoms with E-state index in [0.29, 0.717) is 6.04 Å². The summed E-state index contributed by atoms with van der Waals surface area (Å²) in [7, 11) is 4.04. The Balaban J connectivity index is 1.44. The van der Waals surface area contributed by atoms with Gasteiger partial charge in [-0.25, -0.2) is 9.97 Å². The fraction of sp³-hybridized carbons (Fsp3) is 0.444. The van der Waals surface area contributed by atoms with Crippen molar-refractivity contribution >= 4 is 22.6 Å². The van der Waals surface area contributed by atoms with Gasteiger partial charge in [-0.3, -0.25) is 0 Å². The molecule has 4 rings (SSSR count). The summed E-state index contributed by atoms with van der Waals surface area (Å²) in [4.78, 5) is 8.91. The van der Waals surface area contributed by atoms with Crippen LogP contribution in [0.1, 0.15) is 30.5 Å². The van der Waals surface area contributed by atoms with Gasteiger partial charge in [0.2, 0.25) is 0 Å². The number of aromatic nitrogens is 4. The number of aryl methyl sites for hydroxylation is 2. The minimum atomic E-state index is 0.0954. The van der Waals surface area contributed by atoms with Crippen LogP contribution in [0.3, 0.4) is 0 Å². The molecule has 0 amide bonds. The molecule has 132 valence electrons. The topological polar surface area (TPSA) is 56.9 Å². The Labute approximate surface area is 151 Å². The van der Waals surface area contributed by atoms with Gasteiger partial charge in [-0.15, -0.1) is 0 Å². The van der Waals surface area contributed by atoms with Crippen molar-refractivity contribution in [3.05, 3.63) is 47.3 Å². The molecule has 7 heteroatoms. The third-order valence-corrected chi connectivity index (χ3v) is 5.19.